The van der Waals surface area contributed by atoms with E-state index in [1.54, 1.807) is 6.20 Å². The number of aromatic nitrogens is 2. The van der Waals surface area contributed by atoms with Crippen molar-refractivity contribution in [3.8, 4) is 0 Å². The molecule has 106 valence electrons. The highest BCUT2D eigenvalue weighted by Gasteiger charge is 2.08. The lowest BCUT2D eigenvalue weighted by atomic mass is 10.1. The van der Waals surface area contributed by atoms with Gasteiger partial charge in [0.05, 0.1) is 5.02 Å². The Morgan fingerprint density at radius 1 is 1.05 bits per heavy atom. The van der Waals surface area contributed by atoms with Crippen LogP contribution in [0.15, 0.2) is 46.7 Å². The largest absolute Gasteiger partial charge is 0.308 e. The maximum absolute atomic E-state index is 5.81. The van der Waals surface area contributed by atoms with E-state index in [1.807, 2.05) is 24.4 Å². The van der Waals surface area contributed by atoms with Gasteiger partial charge in [-0.25, -0.2) is 9.97 Å². The molecule has 0 spiro atoms. The topological polar surface area (TPSA) is 37.8 Å². The minimum atomic E-state index is 0.112. The van der Waals surface area contributed by atoms with Gasteiger partial charge in [-0.15, -0.1) is 0 Å². The minimum Gasteiger partial charge on any atom is -0.308 e. The number of nitrogens with zero attached hydrogens (tertiary/aromatic N) is 2. The maximum atomic E-state index is 5.81. The highest BCUT2D eigenvalue weighted by Crippen LogP contribution is 2.24. The van der Waals surface area contributed by atoms with Crippen molar-refractivity contribution < 1.29 is 0 Å². The van der Waals surface area contributed by atoms with Crippen LogP contribution in [-0.4, -0.2) is 15.5 Å². The molecule has 5 heteroatoms. The lowest BCUT2D eigenvalue weighted by molar-refractivity contribution is 0.424. The van der Waals surface area contributed by atoms with E-state index in [2.05, 4.69) is 42.1 Å². The highest BCUT2D eigenvalue weighted by molar-refractivity contribution is 7.99. The van der Waals surface area contributed by atoms with E-state index >= 15 is 0 Å². The van der Waals surface area contributed by atoms with Gasteiger partial charge >= 0.3 is 0 Å². The van der Waals surface area contributed by atoms with E-state index in [9.17, 15) is 0 Å². The summed E-state index contributed by atoms with van der Waals surface area (Å²) in [6.45, 7) is 7.27. The van der Waals surface area contributed by atoms with Crippen LogP contribution in [0.4, 0.5) is 0 Å². The Hall–Kier alpha value is -1.10. The van der Waals surface area contributed by atoms with Crippen LogP contribution in [0.3, 0.4) is 0 Å². The Labute approximate surface area is 129 Å². The Morgan fingerprint density at radius 2 is 1.70 bits per heavy atom. The molecule has 1 N–H and O–H groups in total. The molecule has 20 heavy (non-hydrogen) atoms. The van der Waals surface area contributed by atoms with Crippen molar-refractivity contribution in [2.24, 2.45) is 0 Å². The number of rotatable bonds is 4. The van der Waals surface area contributed by atoms with Gasteiger partial charge in [-0.05, 0) is 44.5 Å². The summed E-state index contributed by atoms with van der Waals surface area (Å²) in [5.74, 6) is 0. The molecule has 2 rings (SSSR count). The van der Waals surface area contributed by atoms with Gasteiger partial charge in [0.2, 0.25) is 0 Å². The Balaban J connectivity index is 1.96. The highest BCUT2D eigenvalue weighted by atomic mass is 35.5. The summed E-state index contributed by atoms with van der Waals surface area (Å²) in [5.41, 5.74) is 1.29. The zero-order valence-corrected chi connectivity index (χ0v) is 13.4. The van der Waals surface area contributed by atoms with Gasteiger partial charge in [-0.1, -0.05) is 29.4 Å². The van der Waals surface area contributed by atoms with Crippen LogP contribution >= 0.6 is 23.4 Å². The number of hydrogen-bond donors (Lipinski definition) is 1. The first-order valence-electron chi connectivity index (χ1n) is 6.42. The van der Waals surface area contributed by atoms with Crippen molar-refractivity contribution in [2.45, 2.75) is 42.9 Å². The zero-order chi connectivity index (χ0) is 14.6. The van der Waals surface area contributed by atoms with Gasteiger partial charge < -0.3 is 5.32 Å². The molecule has 2 aromatic rings. The molecule has 0 aliphatic carbocycles. The van der Waals surface area contributed by atoms with Crippen molar-refractivity contribution in [1.82, 2.24) is 15.3 Å². The second kappa shape index (κ2) is 6.57. The molecule has 0 fully saturated rings. The fraction of sp³-hybridized carbons (Fsp3) is 0.333. The van der Waals surface area contributed by atoms with Crippen LogP contribution in [0.2, 0.25) is 5.02 Å². The van der Waals surface area contributed by atoms with E-state index in [-0.39, 0.29) is 5.54 Å². The van der Waals surface area contributed by atoms with Crippen molar-refractivity contribution in [1.29, 1.82) is 0 Å². The predicted molar refractivity (Wildman–Crippen MR) is 84.2 cm³/mol. The second-order valence-corrected chi connectivity index (χ2v) is 7.00. The first-order valence-corrected chi connectivity index (χ1v) is 7.61. The molecule has 0 unspecified atom stereocenters. The molecular formula is C15H18ClN3S. The molecule has 0 aliphatic heterocycles. The standard InChI is InChI=1S/C15H18ClN3S/c1-15(2,3)19-9-11-4-6-13(17-8-11)20-14-7-5-12(16)10-18-14/h4-8,10,19H,9H2,1-3H3. The average Bonchev–Trinajstić information content (AvgIpc) is 2.40. The molecule has 2 aromatic heterocycles. The van der Waals surface area contributed by atoms with Crippen LogP contribution < -0.4 is 5.32 Å². The smallest absolute Gasteiger partial charge is 0.102 e. The predicted octanol–water partition coefficient (Wildman–Crippen LogP) is 4.17. The molecule has 0 bridgehead atoms. The van der Waals surface area contributed by atoms with Crippen molar-refractivity contribution >= 4 is 23.4 Å². The summed E-state index contributed by atoms with van der Waals surface area (Å²) in [7, 11) is 0. The monoisotopic (exact) mass is 307 g/mol. The summed E-state index contributed by atoms with van der Waals surface area (Å²) in [6, 6.07) is 7.83. The van der Waals surface area contributed by atoms with Crippen molar-refractivity contribution in [2.75, 3.05) is 0 Å². The molecule has 0 aliphatic rings. The van der Waals surface area contributed by atoms with Gasteiger partial charge in [-0.2, -0.15) is 0 Å². The number of nitrogens with one attached hydrogen (secondary N) is 1. The van der Waals surface area contributed by atoms with Crippen LogP contribution in [0.5, 0.6) is 0 Å². The molecule has 0 saturated heterocycles. The fourth-order valence-electron chi connectivity index (χ4n) is 1.47. The van der Waals surface area contributed by atoms with E-state index in [1.165, 1.54) is 17.3 Å². The lowest BCUT2D eigenvalue weighted by Gasteiger charge is -2.20. The Bertz CT molecular complexity index is 547. The molecule has 0 atom stereocenters. The third-order valence-electron chi connectivity index (χ3n) is 2.53. The molecular weight excluding hydrogens is 290 g/mol. The summed E-state index contributed by atoms with van der Waals surface area (Å²) < 4.78 is 0. The van der Waals surface area contributed by atoms with Crippen molar-refractivity contribution in [3.63, 3.8) is 0 Å². The maximum Gasteiger partial charge on any atom is 0.102 e. The number of hydrogen-bond acceptors (Lipinski definition) is 4. The molecule has 0 aromatic carbocycles. The zero-order valence-electron chi connectivity index (χ0n) is 11.9. The molecule has 2 heterocycles. The molecule has 0 amide bonds. The third-order valence-corrected chi connectivity index (χ3v) is 3.65. The van der Waals surface area contributed by atoms with Gasteiger partial charge in [-0.3, -0.25) is 0 Å². The van der Waals surface area contributed by atoms with Gasteiger partial charge in [0.1, 0.15) is 10.1 Å². The molecule has 3 nitrogen and oxygen atoms in total. The van der Waals surface area contributed by atoms with Gasteiger partial charge in [0.25, 0.3) is 0 Å². The normalized spacial score (nSPS) is 11.6. The summed E-state index contributed by atoms with van der Waals surface area (Å²) in [6.07, 6.45) is 3.54. The Morgan fingerprint density at radius 3 is 2.20 bits per heavy atom. The average molecular weight is 308 g/mol. The number of pyridine rings is 2. The first-order chi connectivity index (χ1) is 9.42. The van der Waals surface area contributed by atoms with E-state index in [0.717, 1.165) is 16.6 Å². The van der Waals surface area contributed by atoms with Crippen LogP contribution in [0, 0.1) is 0 Å². The van der Waals surface area contributed by atoms with Crippen LogP contribution in [0.1, 0.15) is 26.3 Å². The quantitative estimate of drug-likeness (QED) is 0.920. The summed E-state index contributed by atoms with van der Waals surface area (Å²) in [4.78, 5) is 8.69. The van der Waals surface area contributed by atoms with E-state index < -0.39 is 0 Å². The van der Waals surface area contributed by atoms with Crippen LogP contribution in [0.25, 0.3) is 0 Å². The third kappa shape index (κ3) is 5.12. The molecule has 0 saturated carbocycles. The Kier molecular flexibility index (Phi) is 5.02. The lowest BCUT2D eigenvalue weighted by Crippen LogP contribution is -2.35. The van der Waals surface area contributed by atoms with Gasteiger partial charge in [0, 0.05) is 24.5 Å². The first kappa shape index (κ1) is 15.3. The SMILES string of the molecule is CC(C)(C)NCc1ccc(Sc2ccc(Cl)cn2)nc1. The van der Waals surface area contributed by atoms with E-state index in [0.29, 0.717) is 5.02 Å². The van der Waals surface area contributed by atoms with Gasteiger partial charge in [0.15, 0.2) is 0 Å². The van der Waals surface area contributed by atoms with Crippen LogP contribution in [-0.2, 0) is 6.54 Å². The second-order valence-electron chi connectivity index (χ2n) is 5.52. The minimum absolute atomic E-state index is 0.112. The summed E-state index contributed by atoms with van der Waals surface area (Å²) >= 11 is 7.34. The van der Waals surface area contributed by atoms with Crippen molar-refractivity contribution in [3.05, 3.63) is 47.2 Å². The fourth-order valence-corrected chi connectivity index (χ4v) is 2.28. The molecule has 0 radical (unpaired) electrons. The van der Waals surface area contributed by atoms with E-state index in [4.69, 9.17) is 11.6 Å². The summed E-state index contributed by atoms with van der Waals surface area (Å²) in [5, 5.41) is 5.91. The number of halogens is 1.